The second kappa shape index (κ2) is 5.36. The van der Waals surface area contributed by atoms with Crippen molar-refractivity contribution in [1.82, 2.24) is 0 Å². The molecule has 0 heterocycles. The van der Waals surface area contributed by atoms with Crippen LogP contribution in [0.5, 0.6) is 0 Å². The first-order valence-electron chi connectivity index (χ1n) is 5.28. The highest BCUT2D eigenvalue weighted by Gasteiger charge is 2.11. The van der Waals surface area contributed by atoms with Crippen LogP contribution in [-0.4, -0.2) is 13.1 Å². The Balaban J connectivity index is 2.91. The van der Waals surface area contributed by atoms with Crippen molar-refractivity contribution in [2.45, 2.75) is 13.8 Å². The Bertz CT molecular complexity index is 398. The Morgan fingerprint density at radius 3 is 2.75 bits per heavy atom. The minimum atomic E-state index is -0.342. The minimum absolute atomic E-state index is 0.0793. The van der Waals surface area contributed by atoms with Crippen molar-refractivity contribution in [3.63, 3.8) is 0 Å². The zero-order valence-electron chi connectivity index (χ0n) is 9.57. The Kier molecular flexibility index (Phi) is 4.12. The summed E-state index contributed by atoms with van der Waals surface area (Å²) in [6, 6.07) is 6.51. The highest BCUT2D eigenvalue weighted by Crippen LogP contribution is 2.24. The van der Waals surface area contributed by atoms with Crippen molar-refractivity contribution in [3.8, 4) is 6.07 Å². The van der Waals surface area contributed by atoms with Gasteiger partial charge in [0.05, 0.1) is 23.4 Å². The van der Waals surface area contributed by atoms with Crippen LogP contribution in [0.2, 0.25) is 0 Å². The van der Waals surface area contributed by atoms with Crippen molar-refractivity contribution in [2.75, 3.05) is 23.7 Å². The summed E-state index contributed by atoms with van der Waals surface area (Å²) >= 11 is 0. The van der Waals surface area contributed by atoms with E-state index in [1.54, 1.807) is 6.07 Å². The lowest BCUT2D eigenvalue weighted by molar-refractivity contribution is 0.627. The number of halogens is 1. The van der Waals surface area contributed by atoms with Crippen LogP contribution in [0.1, 0.15) is 13.8 Å². The average molecular weight is 221 g/mol. The monoisotopic (exact) mass is 221 g/mol. The first kappa shape index (κ1) is 12.3. The molecule has 16 heavy (non-hydrogen) atoms. The van der Waals surface area contributed by atoms with Gasteiger partial charge in [-0.3, -0.25) is 0 Å². The number of nitriles is 1. The molecule has 0 radical (unpaired) electrons. The van der Waals surface area contributed by atoms with Gasteiger partial charge >= 0.3 is 0 Å². The summed E-state index contributed by atoms with van der Waals surface area (Å²) < 4.78 is 12.9. The topological polar surface area (TPSA) is 53.0 Å². The molecule has 1 rings (SSSR count). The Morgan fingerprint density at radius 2 is 2.25 bits per heavy atom. The van der Waals surface area contributed by atoms with Gasteiger partial charge in [-0.15, -0.1) is 0 Å². The summed E-state index contributed by atoms with van der Waals surface area (Å²) in [4.78, 5) is 1.97. The third-order valence-electron chi connectivity index (χ3n) is 2.43. The summed E-state index contributed by atoms with van der Waals surface area (Å²) in [5.74, 6) is -0.421. The molecule has 1 aromatic carbocycles. The summed E-state index contributed by atoms with van der Waals surface area (Å²) in [6.07, 6.45) is 0. The van der Waals surface area contributed by atoms with E-state index in [0.717, 1.165) is 12.2 Å². The second-order valence-corrected chi connectivity index (χ2v) is 3.77. The number of hydrogen-bond acceptors (Lipinski definition) is 3. The standard InChI is InChI=1S/C12H16FN3/c1-3-16(8-9(2)7-14)12-5-4-10(13)6-11(12)15/h4-6,9H,3,8,15H2,1-2H3. The van der Waals surface area contributed by atoms with Crippen LogP contribution < -0.4 is 10.6 Å². The highest BCUT2D eigenvalue weighted by molar-refractivity contribution is 5.67. The van der Waals surface area contributed by atoms with E-state index in [9.17, 15) is 4.39 Å². The molecule has 0 spiro atoms. The van der Waals surface area contributed by atoms with Gasteiger partial charge in [-0.2, -0.15) is 5.26 Å². The molecule has 4 heteroatoms. The predicted octanol–water partition coefficient (Wildman–Crippen LogP) is 2.39. The van der Waals surface area contributed by atoms with Crippen LogP contribution in [-0.2, 0) is 0 Å². The van der Waals surface area contributed by atoms with Crippen LogP contribution >= 0.6 is 0 Å². The maximum Gasteiger partial charge on any atom is 0.125 e. The second-order valence-electron chi connectivity index (χ2n) is 3.77. The van der Waals surface area contributed by atoms with Gasteiger partial charge in [-0.25, -0.2) is 4.39 Å². The number of benzene rings is 1. The van der Waals surface area contributed by atoms with E-state index < -0.39 is 0 Å². The number of nitrogens with two attached hydrogens (primary N) is 1. The molecule has 1 aromatic rings. The molecule has 0 aliphatic heterocycles. The van der Waals surface area contributed by atoms with Crippen molar-refractivity contribution in [3.05, 3.63) is 24.0 Å². The van der Waals surface area contributed by atoms with Gasteiger partial charge in [-0.05, 0) is 32.0 Å². The largest absolute Gasteiger partial charge is 0.397 e. The highest BCUT2D eigenvalue weighted by atomic mass is 19.1. The van der Waals surface area contributed by atoms with Crippen molar-refractivity contribution < 1.29 is 4.39 Å². The number of nitrogens with zero attached hydrogens (tertiary/aromatic N) is 2. The molecule has 2 N–H and O–H groups in total. The molecule has 0 saturated carbocycles. The molecule has 0 saturated heterocycles. The summed E-state index contributed by atoms with van der Waals surface area (Å²) in [5, 5.41) is 8.77. The van der Waals surface area contributed by atoms with Gasteiger partial charge < -0.3 is 10.6 Å². The Hall–Kier alpha value is -1.76. The van der Waals surface area contributed by atoms with Gasteiger partial charge in [0, 0.05) is 13.1 Å². The zero-order valence-corrected chi connectivity index (χ0v) is 9.57. The fourth-order valence-corrected chi connectivity index (χ4v) is 1.58. The molecular formula is C12H16FN3. The fraction of sp³-hybridized carbons (Fsp3) is 0.417. The molecule has 0 aliphatic rings. The van der Waals surface area contributed by atoms with E-state index in [2.05, 4.69) is 6.07 Å². The van der Waals surface area contributed by atoms with Crippen LogP contribution in [0.25, 0.3) is 0 Å². The third-order valence-corrected chi connectivity index (χ3v) is 2.43. The molecule has 0 aliphatic carbocycles. The number of rotatable bonds is 4. The van der Waals surface area contributed by atoms with E-state index >= 15 is 0 Å². The lowest BCUT2D eigenvalue weighted by Gasteiger charge is -2.25. The van der Waals surface area contributed by atoms with Crippen molar-refractivity contribution in [1.29, 1.82) is 5.26 Å². The molecule has 86 valence electrons. The van der Waals surface area contributed by atoms with E-state index in [0.29, 0.717) is 12.2 Å². The van der Waals surface area contributed by atoms with Crippen LogP contribution in [0, 0.1) is 23.1 Å². The SMILES string of the molecule is CCN(CC(C)C#N)c1ccc(F)cc1N. The number of nitrogen functional groups attached to an aromatic ring is 1. The summed E-state index contributed by atoms with van der Waals surface area (Å²) in [7, 11) is 0. The molecular weight excluding hydrogens is 205 g/mol. The number of hydrogen-bond donors (Lipinski definition) is 1. The average Bonchev–Trinajstić information content (AvgIpc) is 2.26. The van der Waals surface area contributed by atoms with Gasteiger partial charge in [0.2, 0.25) is 0 Å². The molecule has 1 atom stereocenters. The first-order valence-corrected chi connectivity index (χ1v) is 5.28. The maximum absolute atomic E-state index is 12.9. The fourth-order valence-electron chi connectivity index (χ4n) is 1.58. The quantitative estimate of drug-likeness (QED) is 0.794. The lowest BCUT2D eigenvalue weighted by atomic mass is 10.1. The van der Waals surface area contributed by atoms with Crippen molar-refractivity contribution in [2.24, 2.45) is 5.92 Å². The number of anilines is 2. The predicted molar refractivity (Wildman–Crippen MR) is 63.5 cm³/mol. The first-order chi connectivity index (χ1) is 7.58. The van der Waals surface area contributed by atoms with Gasteiger partial charge in [0.15, 0.2) is 0 Å². The maximum atomic E-state index is 12.9. The normalized spacial score (nSPS) is 11.9. The molecule has 0 fully saturated rings. The molecule has 0 aromatic heterocycles. The van der Waals surface area contributed by atoms with Crippen LogP contribution in [0.15, 0.2) is 18.2 Å². The van der Waals surface area contributed by atoms with E-state index in [4.69, 9.17) is 11.0 Å². The molecule has 0 amide bonds. The van der Waals surface area contributed by atoms with Gasteiger partial charge in [0.25, 0.3) is 0 Å². The van der Waals surface area contributed by atoms with Crippen LogP contribution in [0.3, 0.4) is 0 Å². The van der Waals surface area contributed by atoms with Crippen molar-refractivity contribution >= 4 is 11.4 Å². The lowest BCUT2D eigenvalue weighted by Crippen LogP contribution is -2.28. The Labute approximate surface area is 95.3 Å². The van der Waals surface area contributed by atoms with E-state index in [1.165, 1.54) is 12.1 Å². The Morgan fingerprint density at radius 1 is 1.56 bits per heavy atom. The van der Waals surface area contributed by atoms with E-state index in [-0.39, 0.29) is 11.7 Å². The molecule has 0 bridgehead atoms. The minimum Gasteiger partial charge on any atom is -0.397 e. The molecule has 1 unspecified atom stereocenters. The summed E-state index contributed by atoms with van der Waals surface area (Å²) in [6.45, 7) is 5.17. The summed E-state index contributed by atoms with van der Waals surface area (Å²) in [5.41, 5.74) is 6.94. The zero-order chi connectivity index (χ0) is 12.1. The smallest absolute Gasteiger partial charge is 0.125 e. The molecule has 3 nitrogen and oxygen atoms in total. The van der Waals surface area contributed by atoms with Gasteiger partial charge in [-0.1, -0.05) is 0 Å². The van der Waals surface area contributed by atoms with Gasteiger partial charge in [0.1, 0.15) is 5.82 Å². The third kappa shape index (κ3) is 2.86. The van der Waals surface area contributed by atoms with E-state index in [1.807, 2.05) is 18.7 Å². The van der Waals surface area contributed by atoms with Crippen LogP contribution in [0.4, 0.5) is 15.8 Å².